The highest BCUT2D eigenvalue weighted by atomic mass is 19.1. The van der Waals surface area contributed by atoms with E-state index in [-0.39, 0.29) is 17.2 Å². The largest absolute Gasteiger partial charge is 0.480 e. The lowest BCUT2D eigenvalue weighted by molar-refractivity contribution is -0.139. The van der Waals surface area contributed by atoms with Gasteiger partial charge >= 0.3 is 5.97 Å². The van der Waals surface area contributed by atoms with E-state index in [9.17, 15) is 19.1 Å². The fourth-order valence-electron chi connectivity index (χ4n) is 2.66. The Morgan fingerprint density at radius 2 is 2.15 bits per heavy atom. The minimum Gasteiger partial charge on any atom is -0.480 e. The molecule has 6 heteroatoms. The molecule has 0 spiro atoms. The number of primary amides is 1. The molecular weight excluding hydrogens is 263 g/mol. The van der Waals surface area contributed by atoms with Crippen LogP contribution in [0.2, 0.25) is 0 Å². The second-order valence-corrected chi connectivity index (χ2v) is 5.18. The lowest BCUT2D eigenvalue weighted by Gasteiger charge is -2.38. The second-order valence-electron chi connectivity index (χ2n) is 5.18. The van der Waals surface area contributed by atoms with Crippen molar-refractivity contribution in [3.8, 4) is 0 Å². The quantitative estimate of drug-likeness (QED) is 0.881. The SMILES string of the molecule is CC1CCN(c2cccc(F)c2C(N)=O)C(C(=O)O)C1. The summed E-state index contributed by atoms with van der Waals surface area (Å²) >= 11 is 0. The zero-order chi connectivity index (χ0) is 14.9. The predicted molar refractivity (Wildman–Crippen MR) is 72.1 cm³/mol. The Morgan fingerprint density at radius 3 is 2.75 bits per heavy atom. The molecule has 3 N–H and O–H groups in total. The van der Waals surface area contributed by atoms with Crippen molar-refractivity contribution in [2.75, 3.05) is 11.4 Å². The van der Waals surface area contributed by atoms with E-state index < -0.39 is 23.7 Å². The van der Waals surface area contributed by atoms with E-state index in [4.69, 9.17) is 5.73 Å². The van der Waals surface area contributed by atoms with Crippen LogP contribution in [-0.4, -0.2) is 29.6 Å². The number of hydrogen-bond donors (Lipinski definition) is 2. The monoisotopic (exact) mass is 280 g/mol. The fourth-order valence-corrected chi connectivity index (χ4v) is 2.66. The molecule has 1 aromatic rings. The van der Waals surface area contributed by atoms with Crippen LogP contribution in [-0.2, 0) is 4.79 Å². The molecule has 5 nitrogen and oxygen atoms in total. The van der Waals surface area contributed by atoms with Gasteiger partial charge < -0.3 is 15.7 Å². The lowest BCUT2D eigenvalue weighted by atomic mass is 9.91. The van der Waals surface area contributed by atoms with E-state index >= 15 is 0 Å². The summed E-state index contributed by atoms with van der Waals surface area (Å²) in [5, 5.41) is 9.33. The number of carbonyl (C=O) groups excluding carboxylic acids is 1. The fraction of sp³-hybridized carbons (Fsp3) is 0.429. The number of carboxylic acid groups (broad SMARTS) is 1. The molecule has 1 aliphatic heterocycles. The second kappa shape index (κ2) is 5.48. The molecule has 0 radical (unpaired) electrons. The highest BCUT2D eigenvalue weighted by Gasteiger charge is 2.34. The van der Waals surface area contributed by atoms with Crippen molar-refractivity contribution < 1.29 is 19.1 Å². The standard InChI is InChI=1S/C14H17FN2O3/c1-8-5-6-17(11(7-8)14(19)20)10-4-2-3-9(15)12(10)13(16)18/h2-4,8,11H,5-7H2,1H3,(H2,16,18)(H,19,20). The third-order valence-electron chi connectivity index (χ3n) is 3.70. The number of amides is 1. The van der Waals surface area contributed by atoms with Gasteiger partial charge in [-0.15, -0.1) is 0 Å². The van der Waals surface area contributed by atoms with Crippen molar-refractivity contribution >= 4 is 17.6 Å². The van der Waals surface area contributed by atoms with Gasteiger partial charge in [0.1, 0.15) is 11.9 Å². The maximum absolute atomic E-state index is 13.8. The van der Waals surface area contributed by atoms with E-state index in [1.807, 2.05) is 6.92 Å². The molecular formula is C14H17FN2O3. The third kappa shape index (κ3) is 2.59. The molecule has 0 aromatic heterocycles. The Kier molecular flexibility index (Phi) is 3.92. The molecule has 0 bridgehead atoms. The lowest BCUT2D eigenvalue weighted by Crippen LogP contribution is -2.47. The highest BCUT2D eigenvalue weighted by Crippen LogP contribution is 2.31. The van der Waals surface area contributed by atoms with E-state index in [1.165, 1.54) is 12.1 Å². The Morgan fingerprint density at radius 1 is 1.45 bits per heavy atom. The molecule has 1 heterocycles. The van der Waals surface area contributed by atoms with Crippen molar-refractivity contribution in [1.82, 2.24) is 0 Å². The summed E-state index contributed by atoms with van der Waals surface area (Å²) in [6.07, 6.45) is 1.25. The van der Waals surface area contributed by atoms with Crippen molar-refractivity contribution in [3.05, 3.63) is 29.6 Å². The first-order chi connectivity index (χ1) is 9.41. The van der Waals surface area contributed by atoms with Crippen molar-refractivity contribution in [2.45, 2.75) is 25.8 Å². The Bertz CT molecular complexity index is 547. The van der Waals surface area contributed by atoms with Gasteiger partial charge in [-0.3, -0.25) is 4.79 Å². The maximum Gasteiger partial charge on any atom is 0.326 e. The summed E-state index contributed by atoms with van der Waals surface area (Å²) in [5.74, 6) is -2.31. The number of anilines is 1. The van der Waals surface area contributed by atoms with Gasteiger partial charge in [-0.1, -0.05) is 13.0 Å². The van der Waals surface area contributed by atoms with Gasteiger partial charge in [0.05, 0.1) is 11.3 Å². The van der Waals surface area contributed by atoms with Crippen molar-refractivity contribution in [3.63, 3.8) is 0 Å². The molecule has 0 saturated carbocycles. The summed E-state index contributed by atoms with van der Waals surface area (Å²) in [7, 11) is 0. The highest BCUT2D eigenvalue weighted by molar-refractivity contribution is 5.99. The van der Waals surface area contributed by atoms with E-state index in [0.29, 0.717) is 13.0 Å². The minimum atomic E-state index is -0.976. The Labute approximate surface area is 116 Å². The first kappa shape index (κ1) is 14.3. The van der Waals surface area contributed by atoms with Gasteiger partial charge in [-0.05, 0) is 30.9 Å². The molecule has 0 aliphatic carbocycles. The predicted octanol–water partition coefficient (Wildman–Crippen LogP) is 1.61. The van der Waals surface area contributed by atoms with Gasteiger partial charge in [0.25, 0.3) is 5.91 Å². The zero-order valence-corrected chi connectivity index (χ0v) is 11.2. The number of hydrogen-bond acceptors (Lipinski definition) is 3. The van der Waals surface area contributed by atoms with Gasteiger partial charge in [-0.2, -0.15) is 0 Å². The number of nitrogens with zero attached hydrogens (tertiary/aromatic N) is 1. The number of nitrogens with two attached hydrogens (primary N) is 1. The van der Waals surface area contributed by atoms with Crippen LogP contribution in [0.4, 0.5) is 10.1 Å². The Balaban J connectivity index is 2.46. The van der Waals surface area contributed by atoms with Crippen LogP contribution >= 0.6 is 0 Å². The Hall–Kier alpha value is -2.11. The van der Waals surface area contributed by atoms with Gasteiger partial charge in [0.15, 0.2) is 0 Å². The van der Waals surface area contributed by atoms with Crippen LogP contribution < -0.4 is 10.6 Å². The molecule has 2 unspecified atom stereocenters. The summed E-state index contributed by atoms with van der Waals surface area (Å²) in [5.41, 5.74) is 5.24. The van der Waals surface area contributed by atoms with Crippen LogP contribution in [0.1, 0.15) is 30.1 Å². The minimum absolute atomic E-state index is 0.242. The topological polar surface area (TPSA) is 83.6 Å². The van der Waals surface area contributed by atoms with Crippen LogP contribution in [0.25, 0.3) is 0 Å². The van der Waals surface area contributed by atoms with Crippen LogP contribution in [0.3, 0.4) is 0 Å². The summed E-state index contributed by atoms with van der Waals surface area (Å²) in [6, 6.07) is 3.37. The van der Waals surface area contributed by atoms with Crippen LogP contribution in [0, 0.1) is 11.7 Å². The molecule has 2 rings (SSSR count). The number of aliphatic carboxylic acids is 1. The summed E-state index contributed by atoms with van der Waals surface area (Å²) in [4.78, 5) is 24.4. The van der Waals surface area contributed by atoms with Crippen molar-refractivity contribution in [2.24, 2.45) is 11.7 Å². The number of piperidine rings is 1. The molecule has 2 atom stereocenters. The maximum atomic E-state index is 13.8. The van der Waals surface area contributed by atoms with Crippen LogP contribution in [0.15, 0.2) is 18.2 Å². The average Bonchev–Trinajstić information content (AvgIpc) is 2.37. The van der Waals surface area contributed by atoms with Crippen LogP contribution in [0.5, 0.6) is 0 Å². The van der Waals surface area contributed by atoms with E-state index in [1.54, 1.807) is 4.90 Å². The third-order valence-corrected chi connectivity index (χ3v) is 3.70. The van der Waals surface area contributed by atoms with Gasteiger partial charge in [0, 0.05) is 6.54 Å². The van der Waals surface area contributed by atoms with Crippen molar-refractivity contribution in [1.29, 1.82) is 0 Å². The van der Waals surface area contributed by atoms with Gasteiger partial charge in [-0.25, -0.2) is 9.18 Å². The van der Waals surface area contributed by atoms with E-state index in [2.05, 4.69) is 0 Å². The smallest absolute Gasteiger partial charge is 0.326 e. The average molecular weight is 280 g/mol. The summed E-state index contributed by atoms with van der Waals surface area (Å²) in [6.45, 7) is 2.44. The number of carbonyl (C=O) groups is 2. The normalized spacial score (nSPS) is 22.6. The van der Waals surface area contributed by atoms with E-state index in [0.717, 1.165) is 12.5 Å². The molecule has 1 fully saturated rings. The molecule has 1 aliphatic rings. The first-order valence-electron chi connectivity index (χ1n) is 6.49. The molecule has 20 heavy (non-hydrogen) atoms. The molecule has 1 amide bonds. The summed E-state index contributed by atoms with van der Waals surface area (Å²) < 4.78 is 13.8. The first-order valence-corrected chi connectivity index (χ1v) is 6.49. The number of benzene rings is 1. The zero-order valence-electron chi connectivity index (χ0n) is 11.2. The van der Waals surface area contributed by atoms with Gasteiger partial charge in [0.2, 0.25) is 0 Å². The number of carboxylic acids is 1. The molecule has 1 aromatic carbocycles. The molecule has 108 valence electrons. The number of rotatable bonds is 3. The molecule has 1 saturated heterocycles. The number of halogens is 1.